The van der Waals surface area contributed by atoms with Gasteiger partial charge in [0.15, 0.2) is 0 Å². The van der Waals surface area contributed by atoms with Crippen LogP contribution in [-0.4, -0.2) is 0 Å². The monoisotopic (exact) mass is 406 g/mol. The van der Waals surface area contributed by atoms with Gasteiger partial charge in [0, 0.05) is 17.1 Å². The van der Waals surface area contributed by atoms with Crippen molar-refractivity contribution >= 4 is 7.81 Å². The normalized spacial score (nSPS) is 19.3. The molecule has 1 atom stereocenters. The van der Waals surface area contributed by atoms with E-state index >= 15 is 0 Å². The van der Waals surface area contributed by atoms with Gasteiger partial charge in [-0.1, -0.05) is 13.8 Å². The van der Waals surface area contributed by atoms with Crippen LogP contribution < -0.4 is 0 Å². The SMILES string of the molecule is CC[C]1[CH][CH][CH][CH]C1C.F[P-](F)(F)(F)(F)F.[C-]#[O+].[C-]#[O+].[C-]#[O+].[Fe]. The molecule has 0 bridgehead atoms. The van der Waals surface area contributed by atoms with Crippen LogP contribution in [0.5, 0.6) is 0 Å². The molecule has 0 saturated heterocycles. The second kappa shape index (κ2) is 14.1. The summed E-state index contributed by atoms with van der Waals surface area (Å²) in [6, 6.07) is 0. The first-order valence-electron chi connectivity index (χ1n) is 5.18. The van der Waals surface area contributed by atoms with E-state index in [0.29, 0.717) is 5.92 Å². The first-order chi connectivity index (χ1) is 9.79. The summed E-state index contributed by atoms with van der Waals surface area (Å²) >= 11 is 0. The maximum atomic E-state index is 9.87. The molecule has 5 radical (unpaired) electrons. The summed E-state index contributed by atoms with van der Waals surface area (Å²) in [6.45, 7) is 17.9. The third-order valence-corrected chi connectivity index (χ3v) is 1.81. The molecule has 1 aliphatic carbocycles. The number of hydrogen-bond acceptors (Lipinski definition) is 0. The Hall–Kier alpha value is -0.251. The fraction of sp³-hybridized carbons (Fsp3) is 0.333. The van der Waals surface area contributed by atoms with Crippen LogP contribution in [0, 0.1) is 57.5 Å². The zero-order valence-electron chi connectivity index (χ0n) is 11.9. The van der Waals surface area contributed by atoms with E-state index in [9.17, 15) is 25.2 Å². The Labute approximate surface area is 142 Å². The van der Waals surface area contributed by atoms with Crippen LogP contribution in [0.4, 0.5) is 25.2 Å². The van der Waals surface area contributed by atoms with Crippen molar-refractivity contribution in [2.24, 2.45) is 5.92 Å². The summed E-state index contributed by atoms with van der Waals surface area (Å²) in [5.41, 5.74) is 0. The Morgan fingerprint density at radius 2 is 1.22 bits per heavy atom. The minimum Gasteiger partial charge on any atom is 0 e. The minimum absolute atomic E-state index is 0. The molecule has 135 valence electrons. The van der Waals surface area contributed by atoms with Gasteiger partial charge in [-0.2, -0.15) is 0 Å². The summed E-state index contributed by atoms with van der Waals surface area (Å²) in [4.78, 5) is 0. The van der Waals surface area contributed by atoms with Gasteiger partial charge in [-0.25, -0.2) is 0 Å². The molecule has 0 spiro atoms. The van der Waals surface area contributed by atoms with E-state index in [2.05, 4.69) is 59.5 Å². The molecule has 3 nitrogen and oxygen atoms in total. The van der Waals surface area contributed by atoms with Gasteiger partial charge in [0.1, 0.15) is 0 Å². The molecule has 0 aromatic rings. The molecule has 1 rings (SSSR count). The predicted octanol–water partition coefficient (Wildman–Crippen LogP) is 5.71. The summed E-state index contributed by atoms with van der Waals surface area (Å²) in [5, 5.41) is 0. The third-order valence-electron chi connectivity index (χ3n) is 1.81. The first kappa shape index (κ1) is 34.2. The second-order valence-corrected chi connectivity index (χ2v) is 5.34. The zero-order valence-corrected chi connectivity index (χ0v) is 13.9. The van der Waals surface area contributed by atoms with Gasteiger partial charge < -0.3 is 0 Å². The van der Waals surface area contributed by atoms with E-state index in [-0.39, 0.29) is 17.1 Å². The predicted molar refractivity (Wildman–Crippen MR) is 65.3 cm³/mol. The fourth-order valence-electron chi connectivity index (χ4n) is 1.13. The summed E-state index contributed by atoms with van der Waals surface area (Å²) in [7, 11) is -10.7. The maximum absolute atomic E-state index is 10.7. The van der Waals surface area contributed by atoms with Gasteiger partial charge in [-0.15, -0.1) is 0 Å². The van der Waals surface area contributed by atoms with E-state index < -0.39 is 7.81 Å². The Balaban J connectivity index is -0.0000000696. The molecule has 0 amide bonds. The van der Waals surface area contributed by atoms with Gasteiger partial charge in [-0.3, -0.25) is 0 Å². The van der Waals surface area contributed by atoms with Gasteiger partial charge in [0.05, 0.1) is 0 Å². The average molecular weight is 406 g/mol. The summed E-state index contributed by atoms with van der Waals surface area (Å²) in [5.74, 6) is 2.21. The molecule has 1 fully saturated rings. The van der Waals surface area contributed by atoms with Crippen LogP contribution in [0.15, 0.2) is 0 Å². The van der Waals surface area contributed by atoms with E-state index in [1.165, 1.54) is 12.3 Å². The molecule has 0 aromatic heterocycles. The molecular formula is C12H13F6FeO3P-. The van der Waals surface area contributed by atoms with Gasteiger partial charge in [0.25, 0.3) is 0 Å². The van der Waals surface area contributed by atoms with E-state index in [1.54, 1.807) is 0 Å². The van der Waals surface area contributed by atoms with E-state index in [1.807, 2.05) is 0 Å². The molecule has 0 heterocycles. The molecule has 0 N–H and O–H groups in total. The third kappa shape index (κ3) is 52.2. The smallest absolute Gasteiger partial charge is 0 e. The molecule has 1 unspecified atom stereocenters. The number of hydrogen-bond donors (Lipinski definition) is 0. The molecule has 23 heavy (non-hydrogen) atoms. The molecule has 0 aliphatic heterocycles. The van der Waals surface area contributed by atoms with Gasteiger partial charge in [-0.05, 0) is 43.9 Å². The summed E-state index contributed by atoms with van der Waals surface area (Å²) < 4.78 is 81.7. The van der Waals surface area contributed by atoms with Crippen molar-refractivity contribution in [3.05, 3.63) is 51.6 Å². The van der Waals surface area contributed by atoms with Gasteiger partial charge in [0.2, 0.25) is 0 Å². The summed E-state index contributed by atoms with van der Waals surface area (Å²) in [6.07, 6.45) is 9.86. The van der Waals surface area contributed by atoms with Crippen molar-refractivity contribution in [3.8, 4) is 0 Å². The van der Waals surface area contributed by atoms with Crippen molar-refractivity contribution in [2.45, 2.75) is 20.3 Å². The largest absolute Gasteiger partial charge is 0 e. The van der Waals surface area contributed by atoms with E-state index in [0.717, 1.165) is 0 Å². The maximum Gasteiger partial charge on any atom is 0 e. The Bertz CT molecular complexity index is 313. The molecule has 1 aliphatic rings. The quantitative estimate of drug-likeness (QED) is 0.176. The van der Waals surface area contributed by atoms with E-state index in [4.69, 9.17) is 14.0 Å². The van der Waals surface area contributed by atoms with Crippen molar-refractivity contribution in [1.29, 1.82) is 0 Å². The first-order valence-corrected chi connectivity index (χ1v) is 7.20. The van der Waals surface area contributed by atoms with Crippen LogP contribution in [0.2, 0.25) is 0 Å². The van der Waals surface area contributed by atoms with Crippen LogP contribution in [0.3, 0.4) is 0 Å². The van der Waals surface area contributed by atoms with Crippen molar-refractivity contribution in [2.75, 3.05) is 0 Å². The molecule has 11 heteroatoms. The molecular weight excluding hydrogens is 393 g/mol. The standard InChI is InChI=1S/C9H13.3CO.F6P.Fe/c1-3-9-7-5-4-6-8(9)2;3*1-2;1-7(2,3,4,5)6;/h4-8H,3H2,1-2H3;;;;;/q;;;;-1;. The number of rotatable bonds is 1. The van der Waals surface area contributed by atoms with Crippen LogP contribution in [0.1, 0.15) is 20.3 Å². The Morgan fingerprint density at radius 1 is 0.913 bits per heavy atom. The van der Waals surface area contributed by atoms with Crippen molar-refractivity contribution in [1.82, 2.24) is 0 Å². The minimum atomic E-state index is -10.7. The van der Waals surface area contributed by atoms with Crippen LogP contribution in [0.25, 0.3) is 0 Å². The molecule has 1 saturated carbocycles. The zero-order chi connectivity index (χ0) is 19.1. The Kier molecular flexibility index (Phi) is 21.0. The average Bonchev–Trinajstić information content (AvgIpc) is 2.43. The molecule has 0 aromatic carbocycles. The van der Waals surface area contributed by atoms with Gasteiger partial charge >= 0.3 is 66.9 Å². The number of halogens is 6. The van der Waals surface area contributed by atoms with Crippen LogP contribution >= 0.6 is 7.81 Å². The second-order valence-electron chi connectivity index (χ2n) is 3.42. The fourth-order valence-corrected chi connectivity index (χ4v) is 1.13. The Morgan fingerprint density at radius 3 is 1.39 bits per heavy atom. The topological polar surface area (TPSA) is 59.7 Å². The van der Waals surface area contributed by atoms with Crippen LogP contribution in [-0.2, 0) is 31.0 Å². The van der Waals surface area contributed by atoms with Crippen molar-refractivity contribution < 1.29 is 56.2 Å². The van der Waals surface area contributed by atoms with Crippen molar-refractivity contribution in [3.63, 3.8) is 0 Å².